The van der Waals surface area contributed by atoms with Gasteiger partial charge in [0, 0.05) is 33.2 Å². The summed E-state index contributed by atoms with van der Waals surface area (Å²) < 4.78 is 53.8. The molecule has 0 aromatic heterocycles. The highest BCUT2D eigenvalue weighted by molar-refractivity contribution is 7.51. The van der Waals surface area contributed by atoms with Crippen molar-refractivity contribution in [3.05, 3.63) is 191 Å². The Morgan fingerprint density at radius 1 is 0.657 bits per heavy atom. The zero-order chi connectivity index (χ0) is 47.2. The van der Waals surface area contributed by atoms with Gasteiger partial charge < -0.3 is 38.8 Å². The van der Waals surface area contributed by atoms with Crippen molar-refractivity contribution in [3.63, 3.8) is 0 Å². The zero-order valence-corrected chi connectivity index (χ0v) is 39.3. The Bertz CT molecular complexity index is 2520. The summed E-state index contributed by atoms with van der Waals surface area (Å²) in [6.07, 6.45) is -0.622. The van der Waals surface area contributed by atoms with Crippen molar-refractivity contribution >= 4 is 19.7 Å². The van der Waals surface area contributed by atoms with Crippen molar-refractivity contribution < 1.29 is 46.9 Å². The Morgan fingerprint density at radius 2 is 1.21 bits per heavy atom. The third kappa shape index (κ3) is 11.6. The summed E-state index contributed by atoms with van der Waals surface area (Å²) in [6.45, 7) is 2.20. The van der Waals surface area contributed by atoms with Crippen LogP contribution in [0.3, 0.4) is 0 Å². The summed E-state index contributed by atoms with van der Waals surface area (Å²) in [5.74, 6) is 0.608. The monoisotopic (exact) mass is 927 g/mol. The molecule has 350 valence electrons. The van der Waals surface area contributed by atoms with Gasteiger partial charge in [0.1, 0.15) is 29.7 Å². The van der Waals surface area contributed by atoms with Gasteiger partial charge in [0.25, 0.3) is 0 Å². The maximum Gasteiger partial charge on any atom is 0.407 e. The standard InChI is InChI=1S/C53H58N3O10P/c1-6-42(34-60-2)66-67(59,63-5)55-33-38-16-14-15-37(31-38)32-54-51(57)50(56-52(58)64-35-49-47-21-12-10-19-45(47)46-20-11-13-22-48(46)49)36-65-53(39-17-8-7-9-18-39,40-23-27-43(61-3)28-24-40)41-25-29-44(62-4)30-26-41/h7-31,42,49-50H,6,32-36H2,1-5H3,(H,54,57)(H,55,59)(H,56,58). The van der Waals surface area contributed by atoms with Gasteiger partial charge in [-0.25, -0.2) is 14.4 Å². The smallest absolute Gasteiger partial charge is 0.407 e. The maximum atomic E-state index is 14.5. The van der Waals surface area contributed by atoms with E-state index in [-0.39, 0.29) is 38.8 Å². The first-order valence-electron chi connectivity index (χ1n) is 22.2. The molecule has 3 N–H and O–H groups in total. The number of alkyl carbamates (subject to hydrolysis) is 1. The normalized spacial score (nSPS) is 13.9. The van der Waals surface area contributed by atoms with Crippen LogP contribution in [0.5, 0.6) is 11.5 Å². The van der Waals surface area contributed by atoms with Crippen LogP contribution in [0.25, 0.3) is 11.1 Å². The van der Waals surface area contributed by atoms with Crippen molar-refractivity contribution in [2.45, 2.75) is 50.1 Å². The van der Waals surface area contributed by atoms with Crippen molar-refractivity contribution in [3.8, 4) is 22.6 Å². The third-order valence-corrected chi connectivity index (χ3v) is 13.5. The summed E-state index contributed by atoms with van der Waals surface area (Å²) in [5.41, 5.74) is 6.85. The second kappa shape index (κ2) is 22.9. The lowest BCUT2D eigenvalue weighted by atomic mass is 9.80. The van der Waals surface area contributed by atoms with Crippen LogP contribution in [0.15, 0.2) is 152 Å². The van der Waals surface area contributed by atoms with Crippen LogP contribution in [0.4, 0.5) is 4.79 Å². The molecule has 6 aromatic carbocycles. The van der Waals surface area contributed by atoms with E-state index in [0.717, 1.165) is 50.1 Å². The van der Waals surface area contributed by atoms with E-state index in [1.54, 1.807) is 21.3 Å². The second-order valence-electron chi connectivity index (χ2n) is 16.0. The van der Waals surface area contributed by atoms with Crippen LogP contribution >= 0.6 is 7.75 Å². The van der Waals surface area contributed by atoms with Crippen LogP contribution in [-0.2, 0) is 51.3 Å². The fourth-order valence-electron chi connectivity index (χ4n) is 8.35. The average molecular weight is 928 g/mol. The molecule has 13 nitrogen and oxygen atoms in total. The number of rotatable bonds is 23. The van der Waals surface area contributed by atoms with Gasteiger partial charge in [0.2, 0.25) is 5.91 Å². The van der Waals surface area contributed by atoms with Gasteiger partial charge in [0.15, 0.2) is 0 Å². The number of methoxy groups -OCH3 is 3. The molecule has 1 aliphatic carbocycles. The van der Waals surface area contributed by atoms with Crippen LogP contribution in [0.1, 0.15) is 58.2 Å². The molecule has 0 bridgehead atoms. The van der Waals surface area contributed by atoms with E-state index in [2.05, 4.69) is 27.9 Å². The number of hydrogen-bond acceptors (Lipinski definition) is 10. The average Bonchev–Trinajstić information content (AvgIpc) is 3.70. The van der Waals surface area contributed by atoms with E-state index >= 15 is 0 Å². The highest BCUT2D eigenvalue weighted by atomic mass is 31.2. The van der Waals surface area contributed by atoms with Gasteiger partial charge in [-0.2, -0.15) is 0 Å². The van der Waals surface area contributed by atoms with Gasteiger partial charge in [-0.3, -0.25) is 9.32 Å². The highest BCUT2D eigenvalue weighted by Gasteiger charge is 2.40. The summed E-state index contributed by atoms with van der Waals surface area (Å²) in [4.78, 5) is 28.5. The lowest BCUT2D eigenvalue weighted by Crippen LogP contribution is -2.51. The molecule has 7 rings (SSSR count). The van der Waals surface area contributed by atoms with Gasteiger partial charge in [-0.1, -0.05) is 134 Å². The van der Waals surface area contributed by atoms with E-state index in [1.165, 1.54) is 7.11 Å². The van der Waals surface area contributed by atoms with Gasteiger partial charge >= 0.3 is 13.8 Å². The Morgan fingerprint density at radius 3 is 1.76 bits per heavy atom. The molecular weight excluding hydrogens is 870 g/mol. The van der Waals surface area contributed by atoms with Crippen LogP contribution in [-0.4, -0.2) is 72.4 Å². The van der Waals surface area contributed by atoms with E-state index in [9.17, 15) is 14.2 Å². The van der Waals surface area contributed by atoms with Crippen LogP contribution < -0.4 is 25.2 Å². The van der Waals surface area contributed by atoms with Crippen LogP contribution in [0.2, 0.25) is 0 Å². The molecule has 1 aliphatic rings. The Balaban J connectivity index is 1.15. The molecule has 14 heteroatoms. The SMILES string of the molecule is CCC(COC)OP(=O)(NCc1cccc(CNC(=O)C(COC(c2ccccc2)(c2ccc(OC)cc2)c2ccc(OC)cc2)NC(=O)OCC2c3ccccc3-c3ccccc32)c1)OC. The molecule has 0 aliphatic heterocycles. The molecule has 0 spiro atoms. The number of nitrogens with one attached hydrogen (secondary N) is 3. The lowest BCUT2D eigenvalue weighted by Gasteiger charge is -2.37. The number of hydrogen-bond donors (Lipinski definition) is 3. The minimum Gasteiger partial charge on any atom is -0.497 e. The van der Waals surface area contributed by atoms with E-state index in [0.29, 0.717) is 17.9 Å². The lowest BCUT2D eigenvalue weighted by molar-refractivity contribution is -0.126. The molecule has 3 unspecified atom stereocenters. The van der Waals surface area contributed by atoms with Gasteiger partial charge in [-0.05, 0) is 80.8 Å². The summed E-state index contributed by atoms with van der Waals surface area (Å²) in [6, 6.07) is 47.2. The number of benzene rings is 6. The van der Waals surface area contributed by atoms with E-state index in [1.807, 2.05) is 146 Å². The Kier molecular flexibility index (Phi) is 16.6. The summed E-state index contributed by atoms with van der Waals surface area (Å²) in [7, 11) is 2.43. The van der Waals surface area contributed by atoms with E-state index < -0.39 is 37.5 Å². The topological polar surface area (TPSA) is 152 Å². The molecule has 0 fully saturated rings. The highest BCUT2D eigenvalue weighted by Crippen LogP contribution is 2.46. The number of ether oxygens (including phenoxy) is 5. The number of carbonyl (C=O) groups excluding carboxylic acids is 2. The Labute approximate surface area is 392 Å². The predicted molar refractivity (Wildman–Crippen MR) is 257 cm³/mol. The molecule has 0 saturated heterocycles. The third-order valence-electron chi connectivity index (χ3n) is 11.9. The first-order chi connectivity index (χ1) is 32.6. The van der Waals surface area contributed by atoms with Crippen LogP contribution in [0, 0.1) is 0 Å². The van der Waals surface area contributed by atoms with E-state index in [4.69, 9.17) is 32.7 Å². The first kappa shape index (κ1) is 48.6. The second-order valence-corrected chi connectivity index (χ2v) is 17.9. The van der Waals surface area contributed by atoms with Gasteiger partial charge in [0.05, 0.1) is 33.5 Å². The molecule has 67 heavy (non-hydrogen) atoms. The minimum atomic E-state index is -3.66. The van der Waals surface area contributed by atoms with Gasteiger partial charge in [-0.15, -0.1) is 0 Å². The number of amides is 2. The summed E-state index contributed by atoms with van der Waals surface area (Å²) >= 11 is 0. The fourth-order valence-corrected chi connectivity index (χ4v) is 9.62. The minimum absolute atomic E-state index is 0.0497. The quantitative estimate of drug-likeness (QED) is 0.0416. The number of fused-ring (bicyclic) bond motifs is 3. The predicted octanol–water partition coefficient (Wildman–Crippen LogP) is 9.52. The molecular formula is C53H58N3O10P. The van der Waals surface area contributed by atoms with Crippen molar-refractivity contribution in [1.82, 2.24) is 15.7 Å². The molecule has 0 saturated carbocycles. The Hall–Kier alpha value is -6.31. The van der Waals surface area contributed by atoms with Crippen molar-refractivity contribution in [1.29, 1.82) is 0 Å². The zero-order valence-electron chi connectivity index (χ0n) is 38.4. The molecule has 2 amide bonds. The molecule has 0 radical (unpaired) electrons. The summed E-state index contributed by atoms with van der Waals surface area (Å²) in [5, 5.41) is 8.79. The molecule has 0 heterocycles. The first-order valence-corrected chi connectivity index (χ1v) is 23.7. The fraction of sp³-hybridized carbons (Fsp3) is 0.283. The number of carbonyl (C=O) groups is 2. The van der Waals surface area contributed by atoms with Crippen molar-refractivity contribution in [2.75, 3.05) is 48.3 Å². The molecule has 3 atom stereocenters. The largest absolute Gasteiger partial charge is 0.497 e. The maximum absolute atomic E-state index is 14.5. The molecule has 6 aromatic rings. The van der Waals surface area contributed by atoms with Crippen molar-refractivity contribution in [2.24, 2.45) is 0 Å².